The molecule has 1 aromatic carbocycles. The zero-order chi connectivity index (χ0) is 24.0. The quantitative estimate of drug-likeness (QED) is 0.454. The van der Waals surface area contributed by atoms with Crippen molar-refractivity contribution in [3.8, 4) is 11.5 Å². The Morgan fingerprint density at radius 2 is 2.12 bits per heavy atom. The zero-order valence-corrected chi connectivity index (χ0v) is 20.1. The van der Waals surface area contributed by atoms with Crippen LogP contribution in [0.25, 0.3) is 21.1 Å². The van der Waals surface area contributed by atoms with Crippen LogP contribution in [0.4, 0.5) is 0 Å². The smallest absolute Gasteiger partial charge is 0.264 e. The summed E-state index contributed by atoms with van der Waals surface area (Å²) in [6.07, 6.45) is 3.39. The second-order valence-corrected chi connectivity index (χ2v) is 9.54. The first-order valence-electron chi connectivity index (χ1n) is 11.2. The number of aliphatic hydroxyl groups excluding tert-OH is 1. The van der Waals surface area contributed by atoms with E-state index in [-0.39, 0.29) is 24.5 Å². The number of benzene rings is 1. The molecule has 1 aliphatic heterocycles. The Bertz CT molecular complexity index is 1420. The summed E-state index contributed by atoms with van der Waals surface area (Å²) in [5.74, 6) is 1.05. The van der Waals surface area contributed by atoms with Crippen molar-refractivity contribution >= 4 is 44.3 Å². The number of nitrogens with zero attached hydrogens (tertiary/aromatic N) is 3. The maximum absolute atomic E-state index is 13.1. The van der Waals surface area contributed by atoms with Gasteiger partial charge in [-0.25, -0.2) is 0 Å². The number of likely N-dealkylation sites (tertiary alicyclic amines) is 1. The normalized spacial score (nSPS) is 15.9. The molecule has 1 saturated heterocycles. The van der Waals surface area contributed by atoms with Crippen LogP contribution in [-0.2, 0) is 7.05 Å². The Morgan fingerprint density at radius 3 is 2.88 bits per heavy atom. The monoisotopic (exact) mass is 478 g/mol. The van der Waals surface area contributed by atoms with Gasteiger partial charge in [0.15, 0.2) is 0 Å². The van der Waals surface area contributed by atoms with Crippen molar-refractivity contribution in [2.75, 3.05) is 20.2 Å². The summed E-state index contributed by atoms with van der Waals surface area (Å²) in [5.41, 5.74) is 3.12. The van der Waals surface area contributed by atoms with Crippen LogP contribution >= 0.6 is 11.3 Å². The minimum atomic E-state index is -0.124. The van der Waals surface area contributed by atoms with Gasteiger partial charge >= 0.3 is 0 Å². The number of fused-ring (bicyclic) bond motifs is 2. The minimum absolute atomic E-state index is 0.0218. The average molecular weight is 479 g/mol. The molecule has 0 unspecified atom stereocenters. The van der Waals surface area contributed by atoms with Gasteiger partial charge in [-0.1, -0.05) is 0 Å². The van der Waals surface area contributed by atoms with Crippen molar-refractivity contribution in [2.24, 2.45) is 7.05 Å². The van der Waals surface area contributed by atoms with Crippen molar-refractivity contribution < 1.29 is 19.4 Å². The molecule has 1 aliphatic rings. The molecule has 5 rings (SSSR count). The summed E-state index contributed by atoms with van der Waals surface area (Å²) in [7, 11) is 3.55. The first-order valence-corrected chi connectivity index (χ1v) is 12.0. The zero-order valence-electron chi connectivity index (χ0n) is 19.3. The van der Waals surface area contributed by atoms with Gasteiger partial charge in [0.2, 0.25) is 0 Å². The number of aryl methyl sites for hydroxylation is 1. The van der Waals surface area contributed by atoms with Gasteiger partial charge in [0, 0.05) is 50.0 Å². The van der Waals surface area contributed by atoms with Gasteiger partial charge < -0.3 is 24.6 Å². The molecule has 176 valence electrons. The molecule has 0 aliphatic carbocycles. The van der Waals surface area contributed by atoms with Gasteiger partial charge in [0.25, 0.3) is 11.8 Å². The minimum Gasteiger partial charge on any atom is -0.456 e. The molecule has 0 bridgehead atoms. The van der Waals surface area contributed by atoms with Crippen LogP contribution in [0.5, 0.6) is 11.5 Å². The summed E-state index contributed by atoms with van der Waals surface area (Å²) in [6.45, 7) is 2.55. The van der Waals surface area contributed by atoms with Gasteiger partial charge in [-0.15, -0.1) is 11.3 Å². The van der Waals surface area contributed by atoms with Gasteiger partial charge in [-0.05, 0) is 38.0 Å². The number of nitrogens with one attached hydrogen (secondary N) is 1. The molecule has 0 radical (unpaired) electrons. The van der Waals surface area contributed by atoms with Gasteiger partial charge in [-0.2, -0.15) is 0 Å². The van der Waals surface area contributed by atoms with Gasteiger partial charge in [-0.3, -0.25) is 14.6 Å². The van der Waals surface area contributed by atoms with Crippen LogP contribution in [0.3, 0.4) is 0 Å². The highest BCUT2D eigenvalue weighted by atomic mass is 32.1. The topological polar surface area (TPSA) is 96.7 Å². The van der Waals surface area contributed by atoms with E-state index < -0.39 is 0 Å². The van der Waals surface area contributed by atoms with Crippen molar-refractivity contribution in [1.29, 1.82) is 0 Å². The molecule has 3 aromatic heterocycles. The first-order chi connectivity index (χ1) is 16.4. The maximum atomic E-state index is 13.1. The number of aliphatic hydroxyl groups is 1. The van der Waals surface area contributed by atoms with E-state index in [9.17, 15) is 14.7 Å². The molecule has 0 saturated carbocycles. The van der Waals surface area contributed by atoms with Crippen molar-refractivity contribution in [1.82, 2.24) is 19.8 Å². The lowest BCUT2D eigenvalue weighted by Crippen LogP contribution is -2.37. The number of hydrogen-bond acceptors (Lipinski definition) is 6. The summed E-state index contributed by atoms with van der Waals surface area (Å²) >= 11 is 1.35. The Morgan fingerprint density at radius 1 is 1.29 bits per heavy atom. The van der Waals surface area contributed by atoms with Crippen LogP contribution in [0, 0.1) is 6.92 Å². The first kappa shape index (κ1) is 22.4. The predicted molar refractivity (Wildman–Crippen MR) is 132 cm³/mol. The lowest BCUT2D eigenvalue weighted by atomic mass is 10.1. The second kappa shape index (κ2) is 8.73. The largest absolute Gasteiger partial charge is 0.456 e. The predicted octanol–water partition coefficient (Wildman–Crippen LogP) is 3.85. The fourth-order valence-electron chi connectivity index (χ4n) is 4.68. The van der Waals surface area contributed by atoms with Crippen LogP contribution < -0.4 is 10.1 Å². The van der Waals surface area contributed by atoms with Gasteiger partial charge in [0.05, 0.1) is 38.8 Å². The third kappa shape index (κ3) is 3.61. The van der Waals surface area contributed by atoms with E-state index in [4.69, 9.17) is 4.74 Å². The highest BCUT2D eigenvalue weighted by molar-refractivity contribution is 7.21. The third-order valence-corrected chi connectivity index (χ3v) is 7.71. The molecule has 0 spiro atoms. The third-order valence-electron chi connectivity index (χ3n) is 6.58. The molecule has 1 atom stereocenters. The number of ether oxygens (including phenoxy) is 1. The summed E-state index contributed by atoms with van der Waals surface area (Å²) < 4.78 is 9.01. The summed E-state index contributed by atoms with van der Waals surface area (Å²) in [6, 6.07) is 9.11. The fraction of sp³-hybridized carbons (Fsp3) is 0.320. The molecule has 4 aromatic rings. The average Bonchev–Trinajstić information content (AvgIpc) is 3.56. The van der Waals surface area contributed by atoms with Crippen molar-refractivity contribution in [2.45, 2.75) is 25.8 Å². The van der Waals surface area contributed by atoms with Crippen LogP contribution in [0.2, 0.25) is 0 Å². The number of rotatable bonds is 5. The Hall–Kier alpha value is -3.43. The second-order valence-electron chi connectivity index (χ2n) is 8.49. The van der Waals surface area contributed by atoms with E-state index in [2.05, 4.69) is 10.3 Å². The lowest BCUT2D eigenvalue weighted by molar-refractivity contribution is 0.0682. The number of carbonyl (C=O) groups is 2. The Balaban J connectivity index is 1.49. The van der Waals surface area contributed by atoms with Crippen LogP contribution in [0.1, 0.15) is 38.6 Å². The van der Waals surface area contributed by atoms with Crippen LogP contribution in [0.15, 0.2) is 36.5 Å². The summed E-state index contributed by atoms with van der Waals surface area (Å²) in [4.78, 5) is 32.2. The van der Waals surface area contributed by atoms with E-state index in [1.165, 1.54) is 11.3 Å². The van der Waals surface area contributed by atoms with Crippen LogP contribution in [-0.4, -0.2) is 57.6 Å². The molecule has 9 heteroatoms. The van der Waals surface area contributed by atoms with Crippen molar-refractivity contribution in [3.63, 3.8) is 0 Å². The van der Waals surface area contributed by atoms with E-state index >= 15 is 0 Å². The number of carbonyl (C=O) groups excluding carboxylic acids is 2. The highest BCUT2D eigenvalue weighted by Gasteiger charge is 2.30. The molecule has 34 heavy (non-hydrogen) atoms. The van der Waals surface area contributed by atoms with E-state index in [0.717, 1.165) is 34.1 Å². The molecule has 1 fully saturated rings. The number of amides is 2. The van der Waals surface area contributed by atoms with E-state index in [1.54, 1.807) is 30.3 Å². The Labute approximate surface area is 200 Å². The SMILES string of the molecule is CNC(=O)c1c(C)n(C)c2cc(Oc3ccnc4cc(C(=O)N5CCC[C@H]5CO)sc34)ccc12. The number of hydrogen-bond donors (Lipinski definition) is 2. The lowest BCUT2D eigenvalue weighted by Gasteiger charge is -2.22. The maximum Gasteiger partial charge on any atom is 0.264 e. The van der Waals surface area contributed by atoms with Crippen molar-refractivity contribution in [3.05, 3.63) is 52.7 Å². The van der Waals surface area contributed by atoms with Gasteiger partial charge in [0.1, 0.15) is 11.5 Å². The van der Waals surface area contributed by atoms with E-state index in [1.807, 2.05) is 36.7 Å². The molecule has 2 amide bonds. The Kier molecular flexibility index (Phi) is 5.75. The summed E-state index contributed by atoms with van der Waals surface area (Å²) in [5, 5.41) is 13.2. The number of aromatic nitrogens is 2. The molecular formula is C25H26N4O4S. The molecule has 8 nitrogen and oxygen atoms in total. The fourth-order valence-corrected chi connectivity index (χ4v) is 5.70. The standard InChI is InChI=1S/C25H26N4O4S/c1-14-22(24(31)26-2)17-7-6-16(11-19(17)28(14)3)33-20-8-9-27-18-12-21(34-23(18)20)25(32)29-10-4-5-15(29)13-30/h6-9,11-12,15,30H,4-5,10,13H2,1-3H3,(H,26,31)/t15-/m0/s1. The highest BCUT2D eigenvalue weighted by Crippen LogP contribution is 2.37. The number of pyridine rings is 1. The molecule has 2 N–H and O–H groups in total. The molecular weight excluding hydrogens is 452 g/mol. The molecule has 4 heterocycles. The van der Waals surface area contributed by atoms with E-state index in [0.29, 0.717) is 34.0 Å². The number of thiophene rings is 1.